The second-order valence-corrected chi connectivity index (χ2v) is 8.58. The Bertz CT molecular complexity index is 988. The highest BCUT2D eigenvalue weighted by molar-refractivity contribution is 5.95. The topological polar surface area (TPSA) is 88.5 Å². The molecular weight excluding hydrogens is 412 g/mol. The number of hydrogen-bond donors (Lipinski definition) is 1. The van der Waals surface area contributed by atoms with Crippen molar-refractivity contribution in [1.29, 1.82) is 0 Å². The van der Waals surface area contributed by atoms with Gasteiger partial charge < -0.3 is 14.7 Å². The minimum absolute atomic E-state index is 0.0271. The molecule has 2 fully saturated rings. The van der Waals surface area contributed by atoms with Crippen LogP contribution in [0.4, 0.5) is 10.5 Å². The van der Waals surface area contributed by atoms with E-state index in [1.165, 1.54) is 4.90 Å². The van der Waals surface area contributed by atoms with Gasteiger partial charge >= 0.3 is 6.09 Å². The van der Waals surface area contributed by atoms with E-state index < -0.39 is 17.6 Å². The van der Waals surface area contributed by atoms with Gasteiger partial charge in [-0.1, -0.05) is 30.3 Å². The molecule has 8 nitrogen and oxygen atoms in total. The van der Waals surface area contributed by atoms with E-state index in [2.05, 4.69) is 0 Å². The van der Waals surface area contributed by atoms with E-state index in [1.807, 2.05) is 63.2 Å². The second kappa shape index (κ2) is 8.90. The number of hydrogen-bond acceptors (Lipinski definition) is 6. The summed E-state index contributed by atoms with van der Waals surface area (Å²) in [7, 11) is 0. The fourth-order valence-electron chi connectivity index (χ4n) is 4.65. The Hall–Kier alpha value is -2.94. The molecule has 170 valence electrons. The summed E-state index contributed by atoms with van der Waals surface area (Å²) < 4.78 is 5.14. The van der Waals surface area contributed by atoms with E-state index in [0.29, 0.717) is 25.4 Å². The van der Waals surface area contributed by atoms with Gasteiger partial charge in [0.05, 0.1) is 18.6 Å². The highest BCUT2D eigenvalue weighted by atomic mass is 17.2. The van der Waals surface area contributed by atoms with Crippen LogP contribution in [-0.2, 0) is 31.3 Å². The summed E-state index contributed by atoms with van der Waals surface area (Å²) in [6.07, 6.45) is -0.994. The third-order valence-electron chi connectivity index (χ3n) is 6.09. The van der Waals surface area contributed by atoms with Crippen LogP contribution in [0.5, 0.6) is 0 Å². The Morgan fingerprint density at radius 2 is 1.81 bits per heavy atom. The number of rotatable bonds is 8. The van der Waals surface area contributed by atoms with E-state index in [1.54, 1.807) is 4.90 Å². The number of likely N-dealkylation sites (tertiary alicyclic amines) is 1. The first-order valence-corrected chi connectivity index (χ1v) is 10.6. The van der Waals surface area contributed by atoms with Crippen molar-refractivity contribution in [3.05, 3.63) is 64.7 Å². The standard InChI is InChI=1S/C24H28N2O6/c1-16-9-19(26-11-20(12-27)32-23(26)29)10-17(2)21(16)24(3)14-25(22(24)28)15-31-30-13-18-7-5-4-6-8-18/h4-10,20,27H,11-15H2,1-3H3/t20-,24?/m1/s1. The van der Waals surface area contributed by atoms with Gasteiger partial charge in [0.15, 0.2) is 6.73 Å². The molecule has 4 rings (SSSR count). The highest BCUT2D eigenvalue weighted by Crippen LogP contribution is 2.41. The third kappa shape index (κ3) is 4.09. The van der Waals surface area contributed by atoms with Crippen molar-refractivity contribution >= 4 is 17.7 Å². The maximum Gasteiger partial charge on any atom is 0.414 e. The van der Waals surface area contributed by atoms with Crippen molar-refractivity contribution in [3.8, 4) is 0 Å². The highest BCUT2D eigenvalue weighted by Gasteiger charge is 2.51. The lowest BCUT2D eigenvalue weighted by Crippen LogP contribution is -2.63. The van der Waals surface area contributed by atoms with Crippen molar-refractivity contribution in [1.82, 2.24) is 4.90 Å². The van der Waals surface area contributed by atoms with E-state index in [4.69, 9.17) is 14.5 Å². The number of ether oxygens (including phenoxy) is 1. The second-order valence-electron chi connectivity index (χ2n) is 8.58. The number of benzene rings is 2. The van der Waals surface area contributed by atoms with Gasteiger partial charge in [0.1, 0.15) is 12.7 Å². The van der Waals surface area contributed by atoms with E-state index in [0.717, 1.165) is 22.3 Å². The quantitative estimate of drug-likeness (QED) is 0.294. The summed E-state index contributed by atoms with van der Waals surface area (Å²) >= 11 is 0. The van der Waals surface area contributed by atoms with Crippen LogP contribution in [0.25, 0.3) is 0 Å². The number of aliphatic hydroxyl groups excluding tert-OH is 1. The van der Waals surface area contributed by atoms with Crippen molar-refractivity contribution in [2.24, 2.45) is 0 Å². The average Bonchev–Trinajstić information content (AvgIpc) is 3.16. The Kier molecular flexibility index (Phi) is 6.19. The van der Waals surface area contributed by atoms with Crippen LogP contribution >= 0.6 is 0 Å². The van der Waals surface area contributed by atoms with Crippen molar-refractivity contribution in [2.75, 3.05) is 31.3 Å². The first kappa shape index (κ1) is 22.3. The predicted molar refractivity (Wildman–Crippen MR) is 117 cm³/mol. The van der Waals surface area contributed by atoms with Crippen LogP contribution in [-0.4, -0.2) is 54.5 Å². The fraction of sp³-hybridized carbons (Fsp3) is 0.417. The molecule has 2 aliphatic heterocycles. The van der Waals surface area contributed by atoms with Gasteiger partial charge in [0.25, 0.3) is 0 Å². The third-order valence-corrected chi connectivity index (χ3v) is 6.09. The Balaban J connectivity index is 1.39. The number of β-lactam (4-membered cyclic amide) rings is 1. The lowest BCUT2D eigenvalue weighted by atomic mass is 9.71. The van der Waals surface area contributed by atoms with Crippen molar-refractivity contribution < 1.29 is 29.2 Å². The summed E-state index contributed by atoms with van der Waals surface area (Å²) in [5.41, 5.74) is 3.85. The number of cyclic esters (lactones) is 1. The molecule has 0 spiro atoms. The molecule has 0 saturated carbocycles. The number of nitrogens with zero attached hydrogens (tertiary/aromatic N) is 2. The van der Waals surface area contributed by atoms with Crippen molar-refractivity contribution in [3.63, 3.8) is 0 Å². The number of anilines is 1. The summed E-state index contributed by atoms with van der Waals surface area (Å²) in [5.74, 6) is -0.0271. The number of aryl methyl sites for hydroxylation is 2. The van der Waals surface area contributed by atoms with Gasteiger partial charge in [0, 0.05) is 12.2 Å². The molecule has 2 aromatic rings. The van der Waals surface area contributed by atoms with Gasteiger partial charge in [-0.25, -0.2) is 14.6 Å². The SMILES string of the molecule is Cc1cc(N2C[C@H](CO)OC2=O)cc(C)c1C1(C)CN(COOCc2ccccc2)C1=O. The first-order valence-electron chi connectivity index (χ1n) is 10.6. The number of carbonyl (C=O) groups excluding carboxylic acids is 2. The van der Waals surface area contributed by atoms with Gasteiger partial charge in [-0.15, -0.1) is 0 Å². The first-order chi connectivity index (χ1) is 15.3. The maximum atomic E-state index is 13.0. The zero-order chi connectivity index (χ0) is 22.9. The molecule has 0 radical (unpaired) electrons. The zero-order valence-corrected chi connectivity index (χ0v) is 18.5. The molecule has 2 aromatic carbocycles. The van der Waals surface area contributed by atoms with Crippen LogP contribution in [0.1, 0.15) is 29.2 Å². The smallest absolute Gasteiger partial charge is 0.414 e. The molecule has 2 heterocycles. The van der Waals surface area contributed by atoms with Crippen LogP contribution in [0, 0.1) is 13.8 Å². The van der Waals surface area contributed by atoms with Crippen LogP contribution in [0.3, 0.4) is 0 Å². The van der Waals surface area contributed by atoms with Crippen LogP contribution in [0.15, 0.2) is 42.5 Å². The Morgan fingerprint density at radius 3 is 2.41 bits per heavy atom. The number of amides is 2. The van der Waals surface area contributed by atoms with E-state index in [9.17, 15) is 14.7 Å². The molecule has 0 bridgehead atoms. The monoisotopic (exact) mass is 440 g/mol. The molecule has 2 saturated heterocycles. The van der Waals surface area contributed by atoms with E-state index in [-0.39, 0.29) is 19.2 Å². The molecule has 1 unspecified atom stereocenters. The summed E-state index contributed by atoms with van der Waals surface area (Å²) in [4.78, 5) is 38.7. The maximum absolute atomic E-state index is 13.0. The van der Waals surface area contributed by atoms with Crippen LogP contribution < -0.4 is 4.90 Å². The lowest BCUT2D eigenvalue weighted by molar-refractivity contribution is -0.325. The zero-order valence-electron chi connectivity index (χ0n) is 18.5. The van der Waals surface area contributed by atoms with Crippen LogP contribution in [0.2, 0.25) is 0 Å². The molecule has 32 heavy (non-hydrogen) atoms. The van der Waals surface area contributed by atoms with Gasteiger partial charge in [-0.2, -0.15) is 0 Å². The summed E-state index contributed by atoms with van der Waals surface area (Å²) in [5, 5.41) is 9.27. The van der Waals surface area contributed by atoms with Crippen molar-refractivity contribution in [2.45, 2.75) is 38.9 Å². The normalized spacial score (nSPS) is 22.8. The van der Waals surface area contributed by atoms with Gasteiger partial charge in [0.2, 0.25) is 5.91 Å². The minimum Gasteiger partial charge on any atom is -0.441 e. The molecule has 1 N–H and O–H groups in total. The minimum atomic E-state index is -0.658. The largest absolute Gasteiger partial charge is 0.441 e. The number of carbonyl (C=O) groups is 2. The molecule has 2 atom stereocenters. The molecule has 2 amide bonds. The number of aliphatic hydroxyl groups is 1. The molecule has 2 aliphatic rings. The summed E-state index contributed by atoms with van der Waals surface area (Å²) in [6.45, 7) is 6.80. The Morgan fingerprint density at radius 1 is 1.12 bits per heavy atom. The Labute approximate surface area is 187 Å². The lowest BCUT2D eigenvalue weighted by Gasteiger charge is -2.47. The summed E-state index contributed by atoms with van der Waals surface area (Å²) in [6, 6.07) is 13.5. The molecule has 8 heteroatoms. The predicted octanol–water partition coefficient (Wildman–Crippen LogP) is 2.83. The molecule has 0 aromatic heterocycles. The van der Waals surface area contributed by atoms with E-state index >= 15 is 0 Å². The fourth-order valence-corrected chi connectivity index (χ4v) is 4.65. The van der Waals surface area contributed by atoms with Gasteiger partial charge in [-0.05, 0) is 55.2 Å². The molecule has 0 aliphatic carbocycles. The van der Waals surface area contributed by atoms with Gasteiger partial charge in [-0.3, -0.25) is 9.69 Å². The average molecular weight is 440 g/mol. The molecular formula is C24H28N2O6.